The molecule has 0 amide bonds. The Bertz CT molecular complexity index is 442. The number of benzene rings is 1. The Balaban J connectivity index is 3.03. The number of carboxylic acids is 1. The molecule has 0 fully saturated rings. The number of carbonyl (C=O) groups is 1. The van der Waals surface area contributed by atoms with Crippen molar-refractivity contribution < 1.29 is 14.8 Å². The van der Waals surface area contributed by atoms with Crippen LogP contribution in [0.5, 0.6) is 0 Å². The van der Waals surface area contributed by atoms with Crippen molar-refractivity contribution in [1.82, 2.24) is 0 Å². The monoisotopic (exact) mass is 319 g/mol. The Kier molecular flexibility index (Phi) is 3.78. The molecule has 0 aliphatic heterocycles. The molecule has 0 radical (unpaired) electrons. The van der Waals surface area contributed by atoms with Gasteiger partial charge in [0.2, 0.25) is 0 Å². The van der Waals surface area contributed by atoms with Crippen LogP contribution in [0.2, 0.25) is 0 Å². The van der Waals surface area contributed by atoms with Crippen molar-refractivity contribution in [2.75, 3.05) is 0 Å². The molecule has 0 aliphatic carbocycles. The molecule has 15 heavy (non-hydrogen) atoms. The number of aliphatic carboxylic acids is 1. The summed E-state index contributed by atoms with van der Waals surface area (Å²) in [6.45, 7) is 0. The fourth-order valence-corrected chi connectivity index (χ4v) is 1.60. The molecule has 0 heterocycles. The largest absolute Gasteiger partial charge is 0.478 e. The van der Waals surface area contributed by atoms with E-state index in [1.165, 1.54) is 24.3 Å². The zero-order valence-electron chi connectivity index (χ0n) is 7.38. The van der Waals surface area contributed by atoms with E-state index < -0.39 is 10.9 Å². The zero-order valence-corrected chi connectivity index (χ0v) is 9.54. The van der Waals surface area contributed by atoms with E-state index in [0.29, 0.717) is 9.13 Å². The predicted molar refractivity (Wildman–Crippen MR) is 62.5 cm³/mol. The van der Waals surface area contributed by atoms with Gasteiger partial charge >= 0.3 is 5.97 Å². The van der Waals surface area contributed by atoms with E-state index >= 15 is 0 Å². The first kappa shape index (κ1) is 11.6. The molecule has 0 saturated carbocycles. The molecular formula is C9H6INO4. The van der Waals surface area contributed by atoms with Gasteiger partial charge in [-0.3, -0.25) is 10.1 Å². The molecule has 0 bridgehead atoms. The van der Waals surface area contributed by atoms with Crippen LogP contribution in [0.3, 0.4) is 0 Å². The highest BCUT2D eigenvalue weighted by Gasteiger charge is 2.07. The van der Waals surface area contributed by atoms with Crippen molar-refractivity contribution in [3.05, 3.63) is 43.5 Å². The molecule has 1 aromatic carbocycles. The maximum atomic E-state index is 10.4. The number of nitro groups is 1. The van der Waals surface area contributed by atoms with Crippen molar-refractivity contribution in [2.24, 2.45) is 0 Å². The van der Waals surface area contributed by atoms with Crippen molar-refractivity contribution in [2.45, 2.75) is 0 Å². The lowest BCUT2D eigenvalue weighted by atomic mass is 10.2. The topological polar surface area (TPSA) is 80.4 Å². The summed E-state index contributed by atoms with van der Waals surface area (Å²) < 4.78 is 0.638. The molecule has 5 nitrogen and oxygen atoms in total. The molecule has 0 spiro atoms. The molecule has 6 heteroatoms. The quantitative estimate of drug-likeness (QED) is 0.401. The van der Waals surface area contributed by atoms with Gasteiger partial charge < -0.3 is 5.11 Å². The Hall–Kier alpha value is -1.44. The van der Waals surface area contributed by atoms with Gasteiger partial charge in [-0.2, -0.15) is 0 Å². The zero-order chi connectivity index (χ0) is 11.4. The van der Waals surface area contributed by atoms with Gasteiger partial charge in [0.15, 0.2) is 0 Å². The van der Waals surface area contributed by atoms with Crippen LogP contribution in [0.1, 0.15) is 5.56 Å². The molecule has 78 valence electrons. The first-order chi connectivity index (χ1) is 7.00. The van der Waals surface area contributed by atoms with Crippen molar-refractivity contribution in [3.8, 4) is 0 Å². The molecule has 0 aliphatic rings. The first-order valence-electron chi connectivity index (χ1n) is 3.85. The lowest BCUT2D eigenvalue weighted by molar-refractivity contribution is -0.384. The third kappa shape index (κ3) is 3.31. The fourth-order valence-electron chi connectivity index (χ4n) is 0.926. The smallest absolute Gasteiger partial charge is 0.328 e. The molecule has 0 saturated heterocycles. The summed E-state index contributed by atoms with van der Waals surface area (Å²) in [7, 11) is 0. The molecule has 1 rings (SSSR count). The van der Waals surface area contributed by atoms with Crippen LogP contribution < -0.4 is 0 Å². The van der Waals surface area contributed by atoms with Gasteiger partial charge in [-0.25, -0.2) is 4.79 Å². The Morgan fingerprint density at radius 1 is 1.53 bits per heavy atom. The second-order valence-electron chi connectivity index (χ2n) is 2.63. The first-order valence-corrected chi connectivity index (χ1v) is 4.93. The SMILES string of the molecule is O=C(O)/C=C/c1ccc([N+](=O)[O-])cc1I. The van der Waals surface area contributed by atoms with E-state index in [1.54, 1.807) is 0 Å². The molecule has 1 aromatic rings. The van der Waals surface area contributed by atoms with E-state index in [4.69, 9.17) is 5.11 Å². The number of nitrogens with zero attached hydrogens (tertiary/aromatic N) is 1. The maximum absolute atomic E-state index is 10.4. The number of carboxylic acid groups (broad SMARTS) is 1. The maximum Gasteiger partial charge on any atom is 0.328 e. The minimum atomic E-state index is -1.05. The second-order valence-corrected chi connectivity index (χ2v) is 3.80. The van der Waals surface area contributed by atoms with Crippen LogP contribution in [-0.2, 0) is 4.79 Å². The highest BCUT2D eigenvalue weighted by atomic mass is 127. The molecule has 1 N–H and O–H groups in total. The summed E-state index contributed by atoms with van der Waals surface area (Å²) in [4.78, 5) is 20.2. The lowest BCUT2D eigenvalue weighted by Gasteiger charge is -1.97. The molecule has 0 unspecified atom stereocenters. The molecule has 0 aromatic heterocycles. The summed E-state index contributed by atoms with van der Waals surface area (Å²) in [6.07, 6.45) is 2.39. The van der Waals surface area contributed by atoms with Crippen LogP contribution in [0.25, 0.3) is 6.08 Å². The van der Waals surface area contributed by atoms with E-state index in [0.717, 1.165) is 6.08 Å². The van der Waals surface area contributed by atoms with Crippen LogP contribution in [0.15, 0.2) is 24.3 Å². The average Bonchev–Trinajstić information content (AvgIpc) is 2.15. The number of rotatable bonds is 3. The highest BCUT2D eigenvalue weighted by Crippen LogP contribution is 2.20. The van der Waals surface area contributed by atoms with E-state index in [1.807, 2.05) is 22.6 Å². The van der Waals surface area contributed by atoms with E-state index in [-0.39, 0.29) is 5.69 Å². The Morgan fingerprint density at radius 2 is 2.20 bits per heavy atom. The molecule has 0 atom stereocenters. The van der Waals surface area contributed by atoms with Gasteiger partial charge in [0, 0.05) is 21.8 Å². The average molecular weight is 319 g/mol. The summed E-state index contributed by atoms with van der Waals surface area (Å²) >= 11 is 1.92. The minimum absolute atomic E-state index is 0.00752. The minimum Gasteiger partial charge on any atom is -0.478 e. The summed E-state index contributed by atoms with van der Waals surface area (Å²) in [5, 5.41) is 18.8. The third-order valence-electron chi connectivity index (χ3n) is 1.60. The standard InChI is InChI=1S/C9H6INO4/c10-8-5-7(11(14)15)3-1-6(8)2-4-9(12)13/h1-5H,(H,12,13)/b4-2+. The van der Waals surface area contributed by atoms with Crippen LogP contribution in [0, 0.1) is 13.7 Å². The molecular weight excluding hydrogens is 313 g/mol. The van der Waals surface area contributed by atoms with Crippen LogP contribution in [0.4, 0.5) is 5.69 Å². The van der Waals surface area contributed by atoms with Crippen molar-refractivity contribution in [3.63, 3.8) is 0 Å². The highest BCUT2D eigenvalue weighted by molar-refractivity contribution is 14.1. The van der Waals surface area contributed by atoms with E-state index in [2.05, 4.69) is 0 Å². The van der Waals surface area contributed by atoms with Crippen LogP contribution >= 0.6 is 22.6 Å². The lowest BCUT2D eigenvalue weighted by Crippen LogP contribution is -1.91. The summed E-state index contributed by atoms with van der Waals surface area (Å²) in [6, 6.07) is 4.24. The third-order valence-corrected chi connectivity index (χ3v) is 2.53. The summed E-state index contributed by atoms with van der Waals surface area (Å²) in [5.74, 6) is -1.05. The normalized spacial score (nSPS) is 10.5. The second kappa shape index (κ2) is 4.87. The van der Waals surface area contributed by atoms with Gasteiger partial charge in [-0.05, 0) is 40.3 Å². The fraction of sp³-hybridized carbons (Fsp3) is 0. The Labute approximate surface area is 98.7 Å². The van der Waals surface area contributed by atoms with E-state index in [9.17, 15) is 14.9 Å². The van der Waals surface area contributed by atoms with Gasteiger partial charge in [-0.1, -0.05) is 0 Å². The predicted octanol–water partition coefficient (Wildman–Crippen LogP) is 2.30. The van der Waals surface area contributed by atoms with Gasteiger partial charge in [-0.15, -0.1) is 0 Å². The summed E-state index contributed by atoms with van der Waals surface area (Å²) in [5.41, 5.74) is 0.635. The van der Waals surface area contributed by atoms with Gasteiger partial charge in [0.05, 0.1) is 4.92 Å². The van der Waals surface area contributed by atoms with Crippen molar-refractivity contribution in [1.29, 1.82) is 0 Å². The number of hydrogen-bond donors (Lipinski definition) is 1. The number of non-ortho nitro benzene ring substituents is 1. The number of halogens is 1. The number of hydrogen-bond acceptors (Lipinski definition) is 3. The Morgan fingerprint density at radius 3 is 2.67 bits per heavy atom. The van der Waals surface area contributed by atoms with Gasteiger partial charge in [0.25, 0.3) is 5.69 Å². The van der Waals surface area contributed by atoms with Crippen LogP contribution in [-0.4, -0.2) is 16.0 Å². The van der Waals surface area contributed by atoms with Crippen molar-refractivity contribution >= 4 is 40.3 Å². The van der Waals surface area contributed by atoms with Gasteiger partial charge in [0.1, 0.15) is 0 Å². The number of nitro benzene ring substituents is 1.